The van der Waals surface area contributed by atoms with Crippen molar-refractivity contribution in [3.63, 3.8) is 0 Å². The largest absolute Gasteiger partial charge is 0.341 e. The van der Waals surface area contributed by atoms with Crippen LogP contribution < -0.4 is 10.4 Å². The molecular formula is C32H39F2N5O2. The fourth-order valence-corrected chi connectivity index (χ4v) is 7.04. The number of carbonyl (C=O) groups excluding carboxylic acids is 1. The van der Waals surface area contributed by atoms with Crippen LogP contribution >= 0.6 is 0 Å². The summed E-state index contributed by atoms with van der Waals surface area (Å²) in [7, 11) is 3.46. The highest BCUT2D eigenvalue weighted by Gasteiger charge is 2.35. The normalized spacial score (nSPS) is 22.3. The molecule has 3 aromatic rings. The van der Waals surface area contributed by atoms with Gasteiger partial charge in [-0.15, -0.1) is 0 Å². The van der Waals surface area contributed by atoms with Crippen molar-refractivity contribution in [2.24, 2.45) is 7.05 Å². The van der Waals surface area contributed by atoms with E-state index in [1.165, 1.54) is 11.1 Å². The molecule has 1 amide bonds. The first-order valence-electron chi connectivity index (χ1n) is 14.6. The number of aryl methyl sites for hydroxylation is 2. The van der Waals surface area contributed by atoms with Gasteiger partial charge >= 0.3 is 0 Å². The Hall–Kier alpha value is -3.30. The summed E-state index contributed by atoms with van der Waals surface area (Å²) >= 11 is 0. The maximum absolute atomic E-state index is 14.5. The van der Waals surface area contributed by atoms with Crippen molar-refractivity contribution in [3.05, 3.63) is 64.5 Å². The molecule has 3 aliphatic rings. The first-order chi connectivity index (χ1) is 19.7. The van der Waals surface area contributed by atoms with Crippen LogP contribution in [0.1, 0.15) is 86.1 Å². The highest BCUT2D eigenvalue weighted by molar-refractivity contribution is 5.80. The third-order valence-electron chi connectivity index (χ3n) is 9.32. The number of alkyl halides is 2. The number of amides is 1. The Morgan fingerprint density at radius 3 is 2.56 bits per heavy atom. The maximum atomic E-state index is 14.5. The van der Waals surface area contributed by atoms with Crippen LogP contribution in [0.5, 0.6) is 0 Å². The molecule has 7 nitrogen and oxygen atoms in total. The van der Waals surface area contributed by atoms with Crippen LogP contribution in [-0.4, -0.2) is 39.8 Å². The average Bonchev–Trinajstić information content (AvgIpc) is 3.58. The summed E-state index contributed by atoms with van der Waals surface area (Å²) in [5, 5.41) is 4.22. The summed E-state index contributed by atoms with van der Waals surface area (Å²) in [5.74, 6) is 0.443. The zero-order valence-electron chi connectivity index (χ0n) is 24.3. The number of benzene rings is 2. The van der Waals surface area contributed by atoms with Gasteiger partial charge in [0.25, 0.3) is 6.43 Å². The van der Waals surface area contributed by atoms with Gasteiger partial charge in [-0.2, -0.15) is 10.6 Å². The first kappa shape index (κ1) is 27.8. The SMILES string of the molecule is CONC1(C)CCC(c2cc3c(c(N4CCCc5cc(-c6cnn(C)c6)c(C(F)F)cc54)c2)CN(C(C)=O)C3)CC1. The van der Waals surface area contributed by atoms with Crippen LogP contribution in [0.2, 0.25) is 0 Å². The van der Waals surface area contributed by atoms with Crippen molar-refractivity contribution < 1.29 is 18.4 Å². The van der Waals surface area contributed by atoms with E-state index in [4.69, 9.17) is 4.84 Å². The highest BCUT2D eigenvalue weighted by atomic mass is 19.3. The van der Waals surface area contributed by atoms with Crippen molar-refractivity contribution >= 4 is 17.3 Å². The lowest BCUT2D eigenvalue weighted by Gasteiger charge is -2.38. The van der Waals surface area contributed by atoms with Gasteiger partial charge in [-0.3, -0.25) is 9.48 Å². The number of fused-ring (bicyclic) bond motifs is 2. The molecule has 0 saturated heterocycles. The molecule has 1 aromatic heterocycles. The number of aromatic nitrogens is 2. The molecule has 3 heterocycles. The summed E-state index contributed by atoms with van der Waals surface area (Å²) in [5.41, 5.74) is 11.0. The first-order valence-corrected chi connectivity index (χ1v) is 14.6. The quantitative estimate of drug-likeness (QED) is 0.345. The minimum absolute atomic E-state index is 0.0269. The minimum atomic E-state index is -2.61. The Morgan fingerprint density at radius 1 is 1.12 bits per heavy atom. The topological polar surface area (TPSA) is 62.6 Å². The number of halogens is 2. The second-order valence-electron chi connectivity index (χ2n) is 12.2. The highest BCUT2D eigenvalue weighted by Crippen LogP contribution is 2.46. The lowest BCUT2D eigenvalue weighted by molar-refractivity contribution is -0.129. The molecule has 1 fully saturated rings. The zero-order valence-corrected chi connectivity index (χ0v) is 24.3. The third kappa shape index (κ3) is 5.26. The summed E-state index contributed by atoms with van der Waals surface area (Å²) in [4.78, 5) is 21.8. The van der Waals surface area contributed by atoms with Crippen LogP contribution in [0.15, 0.2) is 36.7 Å². The van der Waals surface area contributed by atoms with Crippen molar-refractivity contribution in [2.75, 3.05) is 18.6 Å². The predicted octanol–water partition coefficient (Wildman–Crippen LogP) is 6.54. The Balaban J connectivity index is 1.42. The number of hydrogen-bond donors (Lipinski definition) is 1. The Bertz CT molecular complexity index is 1460. The van der Waals surface area contributed by atoms with Crippen LogP contribution in [0, 0.1) is 0 Å². The number of hydroxylamine groups is 1. The van der Waals surface area contributed by atoms with E-state index in [1.807, 2.05) is 11.0 Å². The summed E-state index contributed by atoms with van der Waals surface area (Å²) in [6.07, 6.45) is 6.64. The van der Waals surface area contributed by atoms with E-state index < -0.39 is 6.43 Å². The standard InChI is InChI=1S/C32H39F2N5O2/c1-20(40)38-18-24-12-23(21-7-9-32(2,10-8-21)36-41-4)14-30(28(24)19-38)39-11-5-6-22-13-26(25-16-35-37(3)17-25)27(31(33)34)15-29(22)39/h12-17,21,31,36H,5-11,18-19H2,1-4H3. The molecule has 1 N–H and O–H groups in total. The van der Waals surface area contributed by atoms with E-state index in [1.54, 1.807) is 44.2 Å². The van der Waals surface area contributed by atoms with E-state index in [-0.39, 0.29) is 17.0 Å². The molecule has 0 unspecified atom stereocenters. The molecule has 9 heteroatoms. The number of carbonyl (C=O) groups is 1. The van der Waals surface area contributed by atoms with E-state index >= 15 is 0 Å². The van der Waals surface area contributed by atoms with Gasteiger partial charge in [0.1, 0.15) is 0 Å². The van der Waals surface area contributed by atoms with E-state index in [2.05, 4.69) is 34.5 Å². The number of rotatable bonds is 6. The van der Waals surface area contributed by atoms with Crippen molar-refractivity contribution in [1.29, 1.82) is 0 Å². The van der Waals surface area contributed by atoms with Gasteiger partial charge in [-0.1, -0.05) is 6.07 Å². The zero-order chi connectivity index (χ0) is 28.9. The fourth-order valence-electron chi connectivity index (χ4n) is 7.04. The number of anilines is 2. The summed E-state index contributed by atoms with van der Waals surface area (Å²) in [6.45, 7) is 5.70. The number of nitrogens with zero attached hydrogens (tertiary/aromatic N) is 4. The van der Waals surface area contributed by atoms with E-state index in [0.717, 1.165) is 67.6 Å². The Kier molecular flexibility index (Phi) is 7.36. The fraction of sp³-hybridized carbons (Fsp3) is 0.500. The average molecular weight is 564 g/mol. The maximum Gasteiger partial charge on any atom is 0.264 e. The van der Waals surface area contributed by atoms with Crippen LogP contribution in [0.25, 0.3) is 11.1 Å². The van der Waals surface area contributed by atoms with E-state index in [0.29, 0.717) is 30.1 Å². The van der Waals surface area contributed by atoms with Crippen LogP contribution in [0.4, 0.5) is 20.2 Å². The third-order valence-corrected chi connectivity index (χ3v) is 9.32. The lowest BCUT2D eigenvalue weighted by atomic mass is 9.75. The summed E-state index contributed by atoms with van der Waals surface area (Å²) in [6, 6.07) is 8.21. The molecule has 1 aliphatic carbocycles. The molecule has 41 heavy (non-hydrogen) atoms. The molecule has 0 bridgehead atoms. The molecule has 218 valence electrons. The summed E-state index contributed by atoms with van der Waals surface area (Å²) < 4.78 is 30.6. The van der Waals surface area contributed by atoms with Gasteiger partial charge in [0.2, 0.25) is 5.91 Å². The number of hydrogen-bond acceptors (Lipinski definition) is 5. The van der Waals surface area contributed by atoms with Crippen molar-refractivity contribution in [1.82, 2.24) is 20.2 Å². The molecular weight excluding hydrogens is 524 g/mol. The molecule has 0 radical (unpaired) electrons. The molecule has 2 aliphatic heterocycles. The minimum Gasteiger partial charge on any atom is -0.341 e. The van der Waals surface area contributed by atoms with E-state index in [9.17, 15) is 13.6 Å². The van der Waals surface area contributed by atoms with Gasteiger partial charge in [0.15, 0.2) is 0 Å². The van der Waals surface area contributed by atoms with Gasteiger partial charge in [-0.25, -0.2) is 8.78 Å². The molecule has 1 saturated carbocycles. The monoisotopic (exact) mass is 563 g/mol. The second-order valence-corrected chi connectivity index (χ2v) is 12.2. The molecule has 2 aromatic carbocycles. The predicted molar refractivity (Wildman–Crippen MR) is 155 cm³/mol. The molecule has 0 atom stereocenters. The van der Waals surface area contributed by atoms with Crippen LogP contribution in [0.3, 0.4) is 0 Å². The van der Waals surface area contributed by atoms with Crippen molar-refractivity contribution in [2.45, 2.75) is 83.3 Å². The Morgan fingerprint density at radius 2 is 1.90 bits per heavy atom. The molecule has 0 spiro atoms. The van der Waals surface area contributed by atoms with Gasteiger partial charge in [0.05, 0.1) is 13.3 Å². The van der Waals surface area contributed by atoms with Gasteiger partial charge < -0.3 is 14.6 Å². The Labute approximate surface area is 240 Å². The second kappa shape index (κ2) is 10.8. The van der Waals surface area contributed by atoms with Gasteiger partial charge in [-0.05, 0) is 91.8 Å². The molecule has 6 rings (SSSR count). The lowest BCUT2D eigenvalue weighted by Crippen LogP contribution is -2.44. The smallest absolute Gasteiger partial charge is 0.264 e. The van der Waals surface area contributed by atoms with Gasteiger partial charge in [0, 0.05) is 73.4 Å². The van der Waals surface area contributed by atoms with Crippen LogP contribution in [-0.2, 0) is 36.2 Å². The van der Waals surface area contributed by atoms with Crippen molar-refractivity contribution in [3.8, 4) is 11.1 Å². The number of nitrogens with one attached hydrogen (secondary N) is 1.